The molecule has 1 aromatic carbocycles. The molecule has 1 unspecified atom stereocenters. The number of nitrogens with one attached hydrogen (secondary N) is 1. The lowest BCUT2D eigenvalue weighted by atomic mass is 10.1. The molecule has 1 amide bonds. The largest absolute Gasteiger partial charge is 0.448 e. The highest BCUT2D eigenvalue weighted by Crippen LogP contribution is 2.19. The molecule has 0 aliphatic rings. The fourth-order valence-electron chi connectivity index (χ4n) is 1.58. The molecule has 4 nitrogen and oxygen atoms in total. The zero-order valence-corrected chi connectivity index (χ0v) is 11.4. The van der Waals surface area contributed by atoms with Crippen molar-refractivity contribution in [2.45, 2.75) is 19.4 Å². The van der Waals surface area contributed by atoms with Crippen LogP contribution in [0.4, 0.5) is 4.79 Å². The zero-order chi connectivity index (χ0) is 12.7. The van der Waals surface area contributed by atoms with Crippen molar-refractivity contribution in [2.75, 3.05) is 13.2 Å². The molecule has 3 N–H and O–H groups in total. The number of primary amides is 1. The van der Waals surface area contributed by atoms with Gasteiger partial charge in [0.05, 0.1) is 0 Å². The Morgan fingerprint density at radius 1 is 1.47 bits per heavy atom. The van der Waals surface area contributed by atoms with Crippen LogP contribution in [0.3, 0.4) is 0 Å². The first kappa shape index (κ1) is 14.0. The van der Waals surface area contributed by atoms with Gasteiger partial charge in [-0.1, -0.05) is 35.0 Å². The van der Waals surface area contributed by atoms with E-state index in [0.717, 1.165) is 10.9 Å². The van der Waals surface area contributed by atoms with Gasteiger partial charge in [-0.25, -0.2) is 4.79 Å². The lowest BCUT2D eigenvalue weighted by molar-refractivity contribution is 0.156. The van der Waals surface area contributed by atoms with Crippen molar-refractivity contribution in [2.24, 2.45) is 5.73 Å². The van der Waals surface area contributed by atoms with Crippen LogP contribution in [-0.4, -0.2) is 19.2 Å². The van der Waals surface area contributed by atoms with Gasteiger partial charge in [-0.15, -0.1) is 0 Å². The number of nitrogens with two attached hydrogens (primary N) is 1. The van der Waals surface area contributed by atoms with Gasteiger partial charge < -0.3 is 15.8 Å². The Balaban J connectivity index is 2.43. The first-order valence-electron chi connectivity index (χ1n) is 5.54. The van der Waals surface area contributed by atoms with Crippen LogP contribution in [0.1, 0.15) is 24.9 Å². The van der Waals surface area contributed by atoms with Crippen LogP contribution in [0, 0.1) is 0 Å². The van der Waals surface area contributed by atoms with Crippen LogP contribution in [0.15, 0.2) is 28.7 Å². The standard InChI is InChI=1S/C12H17BrN2O2/c1-2-11(15-7-8-17-12(14)16)9-3-5-10(13)6-4-9/h3-6,11,15H,2,7-8H2,1H3,(H2,14,16). The van der Waals surface area contributed by atoms with E-state index in [-0.39, 0.29) is 6.04 Å². The predicted molar refractivity (Wildman–Crippen MR) is 70.7 cm³/mol. The average Bonchev–Trinajstić information content (AvgIpc) is 2.30. The normalized spacial score (nSPS) is 12.1. The van der Waals surface area contributed by atoms with Crippen molar-refractivity contribution in [1.82, 2.24) is 5.32 Å². The molecule has 0 radical (unpaired) electrons. The Morgan fingerprint density at radius 2 is 2.12 bits per heavy atom. The topological polar surface area (TPSA) is 64.3 Å². The van der Waals surface area contributed by atoms with Crippen molar-refractivity contribution in [1.29, 1.82) is 0 Å². The molecule has 0 spiro atoms. The van der Waals surface area contributed by atoms with E-state index in [2.05, 4.69) is 45.0 Å². The molecule has 1 aromatic rings. The van der Waals surface area contributed by atoms with Gasteiger partial charge in [0.25, 0.3) is 0 Å². The van der Waals surface area contributed by atoms with Gasteiger partial charge in [-0.3, -0.25) is 0 Å². The van der Waals surface area contributed by atoms with E-state index >= 15 is 0 Å². The summed E-state index contributed by atoms with van der Waals surface area (Å²) in [4.78, 5) is 10.4. The number of carbonyl (C=O) groups is 1. The second-order valence-electron chi connectivity index (χ2n) is 3.63. The first-order chi connectivity index (χ1) is 8.13. The van der Waals surface area contributed by atoms with Gasteiger partial charge in [0.2, 0.25) is 0 Å². The number of halogens is 1. The molecule has 17 heavy (non-hydrogen) atoms. The fourth-order valence-corrected chi connectivity index (χ4v) is 1.84. The summed E-state index contributed by atoms with van der Waals surface area (Å²) < 4.78 is 5.72. The Hall–Kier alpha value is -1.07. The van der Waals surface area contributed by atoms with E-state index < -0.39 is 6.09 Å². The van der Waals surface area contributed by atoms with Crippen LogP contribution in [0.5, 0.6) is 0 Å². The number of rotatable bonds is 6. The van der Waals surface area contributed by atoms with E-state index in [0.29, 0.717) is 13.2 Å². The third-order valence-electron chi connectivity index (χ3n) is 2.42. The number of hydrogen-bond donors (Lipinski definition) is 2. The molecule has 0 aliphatic heterocycles. The minimum absolute atomic E-state index is 0.263. The lowest BCUT2D eigenvalue weighted by Gasteiger charge is -2.17. The lowest BCUT2D eigenvalue weighted by Crippen LogP contribution is -2.27. The van der Waals surface area contributed by atoms with Crippen LogP contribution in [0.25, 0.3) is 0 Å². The summed E-state index contributed by atoms with van der Waals surface area (Å²) in [5.74, 6) is 0. The second-order valence-corrected chi connectivity index (χ2v) is 4.55. The Bertz CT molecular complexity index is 354. The number of benzene rings is 1. The minimum atomic E-state index is -0.733. The maximum Gasteiger partial charge on any atom is 0.404 e. The third kappa shape index (κ3) is 5.19. The molecular formula is C12H17BrN2O2. The van der Waals surface area contributed by atoms with Gasteiger partial charge in [0.15, 0.2) is 0 Å². The predicted octanol–water partition coefficient (Wildman–Crippen LogP) is 2.59. The summed E-state index contributed by atoms with van der Waals surface area (Å²) in [5.41, 5.74) is 6.09. The summed E-state index contributed by atoms with van der Waals surface area (Å²) in [6, 6.07) is 8.43. The number of ether oxygens (including phenoxy) is 1. The molecule has 5 heteroatoms. The average molecular weight is 301 g/mol. The van der Waals surface area contributed by atoms with Crippen LogP contribution in [0.2, 0.25) is 0 Å². The van der Waals surface area contributed by atoms with Crippen molar-refractivity contribution in [3.05, 3.63) is 34.3 Å². The maximum atomic E-state index is 10.4. The SMILES string of the molecule is CCC(NCCOC(N)=O)c1ccc(Br)cc1. The smallest absolute Gasteiger partial charge is 0.404 e. The maximum absolute atomic E-state index is 10.4. The Morgan fingerprint density at radius 3 is 2.65 bits per heavy atom. The highest BCUT2D eigenvalue weighted by atomic mass is 79.9. The van der Waals surface area contributed by atoms with Crippen molar-refractivity contribution in [3.8, 4) is 0 Å². The molecule has 0 saturated carbocycles. The van der Waals surface area contributed by atoms with E-state index in [9.17, 15) is 4.79 Å². The van der Waals surface area contributed by atoms with E-state index in [4.69, 9.17) is 5.73 Å². The molecule has 1 atom stereocenters. The summed E-state index contributed by atoms with van der Waals surface area (Å²) in [5, 5.41) is 3.31. The van der Waals surface area contributed by atoms with E-state index in [1.807, 2.05) is 12.1 Å². The molecule has 94 valence electrons. The minimum Gasteiger partial charge on any atom is -0.448 e. The molecule has 1 rings (SSSR count). The van der Waals surface area contributed by atoms with E-state index in [1.165, 1.54) is 5.56 Å². The molecule has 0 aliphatic carbocycles. The van der Waals surface area contributed by atoms with Gasteiger partial charge in [-0.05, 0) is 24.1 Å². The highest BCUT2D eigenvalue weighted by molar-refractivity contribution is 9.10. The van der Waals surface area contributed by atoms with Gasteiger partial charge >= 0.3 is 6.09 Å². The monoisotopic (exact) mass is 300 g/mol. The first-order valence-corrected chi connectivity index (χ1v) is 6.34. The number of hydrogen-bond acceptors (Lipinski definition) is 3. The van der Waals surface area contributed by atoms with Crippen LogP contribution < -0.4 is 11.1 Å². The quantitative estimate of drug-likeness (QED) is 0.794. The van der Waals surface area contributed by atoms with Crippen molar-refractivity contribution >= 4 is 22.0 Å². The second kappa shape index (κ2) is 7.29. The fraction of sp³-hybridized carbons (Fsp3) is 0.417. The summed E-state index contributed by atoms with van der Waals surface area (Å²) in [7, 11) is 0. The number of amides is 1. The summed E-state index contributed by atoms with van der Waals surface area (Å²) >= 11 is 3.40. The van der Waals surface area contributed by atoms with Crippen molar-refractivity contribution in [3.63, 3.8) is 0 Å². The third-order valence-corrected chi connectivity index (χ3v) is 2.95. The van der Waals surface area contributed by atoms with Gasteiger partial charge in [0.1, 0.15) is 6.61 Å². The zero-order valence-electron chi connectivity index (χ0n) is 9.78. The van der Waals surface area contributed by atoms with Crippen LogP contribution >= 0.6 is 15.9 Å². The highest BCUT2D eigenvalue weighted by Gasteiger charge is 2.08. The molecule has 0 fully saturated rings. The van der Waals surface area contributed by atoms with Crippen LogP contribution in [-0.2, 0) is 4.74 Å². The Labute approximate surface area is 110 Å². The van der Waals surface area contributed by atoms with Gasteiger partial charge in [0, 0.05) is 17.1 Å². The number of carbonyl (C=O) groups excluding carboxylic acids is 1. The molecule has 0 heterocycles. The van der Waals surface area contributed by atoms with Gasteiger partial charge in [-0.2, -0.15) is 0 Å². The Kier molecular flexibility index (Phi) is 6.00. The summed E-state index contributed by atoms with van der Waals surface area (Å²) in [6.07, 6.45) is 0.238. The van der Waals surface area contributed by atoms with Crippen molar-refractivity contribution < 1.29 is 9.53 Å². The molecule has 0 bridgehead atoms. The summed E-state index contributed by atoms with van der Waals surface area (Å²) in [6.45, 7) is 2.99. The molecule has 0 aromatic heterocycles. The van der Waals surface area contributed by atoms with E-state index in [1.54, 1.807) is 0 Å². The molecule has 0 saturated heterocycles. The molecular weight excluding hydrogens is 284 g/mol.